The lowest BCUT2D eigenvalue weighted by Gasteiger charge is -2.60. The third kappa shape index (κ3) is 2.74. The fourth-order valence-corrected chi connectivity index (χ4v) is 5.70. The van der Waals surface area contributed by atoms with Gasteiger partial charge < -0.3 is 15.2 Å². The highest BCUT2D eigenvalue weighted by molar-refractivity contribution is 5.98. The molecule has 1 fully saturated rings. The first-order valence-corrected chi connectivity index (χ1v) is 10.9. The van der Waals surface area contributed by atoms with Crippen LogP contribution >= 0.6 is 0 Å². The first kappa shape index (κ1) is 19.8. The third-order valence-corrected chi connectivity index (χ3v) is 8.01. The van der Waals surface area contributed by atoms with E-state index in [9.17, 15) is 9.59 Å². The van der Waals surface area contributed by atoms with Crippen molar-refractivity contribution in [1.29, 1.82) is 0 Å². The van der Waals surface area contributed by atoms with E-state index in [0.29, 0.717) is 11.1 Å². The molecule has 1 aliphatic carbocycles. The Kier molecular flexibility index (Phi) is 4.26. The van der Waals surface area contributed by atoms with Crippen LogP contribution in [-0.2, 0) is 11.8 Å². The Balaban J connectivity index is 1.55. The van der Waals surface area contributed by atoms with Gasteiger partial charge in [0.15, 0.2) is 0 Å². The summed E-state index contributed by atoms with van der Waals surface area (Å²) in [7, 11) is 1.65. The molecule has 2 N–H and O–H groups in total. The summed E-state index contributed by atoms with van der Waals surface area (Å²) in [6.45, 7) is 7.60. The molecule has 0 radical (unpaired) electrons. The average molecular weight is 417 g/mol. The van der Waals surface area contributed by atoms with Crippen LogP contribution in [0.15, 0.2) is 42.7 Å². The molecule has 2 unspecified atom stereocenters. The van der Waals surface area contributed by atoms with Crippen molar-refractivity contribution in [2.45, 2.75) is 45.1 Å². The number of rotatable bonds is 2. The molecule has 2 heterocycles. The van der Waals surface area contributed by atoms with Crippen LogP contribution in [0, 0.1) is 5.41 Å². The first-order valence-electron chi connectivity index (χ1n) is 10.9. The SMILES string of the molecule is CNC(=O)c1ccc2c(c1)CC1N(C(=O)c3ccc4nc[nH]c4c3)CCC2(C)C1(C)C. The number of nitrogens with zero attached hydrogens (tertiary/aromatic N) is 2. The Bertz CT molecular complexity index is 1210. The van der Waals surface area contributed by atoms with Crippen LogP contribution in [0.3, 0.4) is 0 Å². The van der Waals surface area contributed by atoms with E-state index in [1.54, 1.807) is 13.4 Å². The molecule has 1 saturated heterocycles. The molecule has 0 spiro atoms. The number of piperidine rings is 1. The van der Waals surface area contributed by atoms with Gasteiger partial charge in [-0.25, -0.2) is 4.98 Å². The number of hydrogen-bond donors (Lipinski definition) is 2. The molecule has 0 saturated carbocycles. The Morgan fingerprint density at radius 2 is 1.90 bits per heavy atom. The number of nitrogens with one attached hydrogen (secondary N) is 2. The zero-order chi connectivity index (χ0) is 22.0. The molecular weight excluding hydrogens is 388 g/mol. The van der Waals surface area contributed by atoms with E-state index in [-0.39, 0.29) is 28.7 Å². The number of benzene rings is 2. The van der Waals surface area contributed by atoms with Gasteiger partial charge in [0.2, 0.25) is 0 Å². The van der Waals surface area contributed by atoms with Crippen molar-refractivity contribution in [3.05, 3.63) is 65.0 Å². The minimum Gasteiger partial charge on any atom is -0.355 e. The maximum absolute atomic E-state index is 13.6. The van der Waals surface area contributed by atoms with E-state index in [2.05, 4.69) is 47.0 Å². The second-order valence-corrected chi connectivity index (χ2v) is 9.61. The van der Waals surface area contributed by atoms with Crippen LogP contribution in [0.4, 0.5) is 0 Å². The maximum atomic E-state index is 13.6. The number of likely N-dealkylation sites (tertiary alicyclic amines) is 1. The van der Waals surface area contributed by atoms with Crippen molar-refractivity contribution in [3.8, 4) is 0 Å². The van der Waals surface area contributed by atoms with Crippen molar-refractivity contribution >= 4 is 22.8 Å². The fourth-order valence-electron chi connectivity index (χ4n) is 5.70. The summed E-state index contributed by atoms with van der Waals surface area (Å²) in [4.78, 5) is 35.2. The van der Waals surface area contributed by atoms with E-state index < -0.39 is 0 Å². The van der Waals surface area contributed by atoms with Gasteiger partial charge in [-0.3, -0.25) is 9.59 Å². The van der Waals surface area contributed by atoms with Crippen LogP contribution in [0.5, 0.6) is 0 Å². The highest BCUT2D eigenvalue weighted by atomic mass is 16.2. The Morgan fingerprint density at radius 3 is 2.68 bits per heavy atom. The molecular formula is C25H28N4O2. The zero-order valence-electron chi connectivity index (χ0n) is 18.5. The van der Waals surface area contributed by atoms with Crippen LogP contribution in [0.1, 0.15) is 59.0 Å². The lowest BCUT2D eigenvalue weighted by Crippen LogP contribution is -2.64. The molecule has 2 atom stereocenters. The molecule has 2 bridgehead atoms. The zero-order valence-corrected chi connectivity index (χ0v) is 18.5. The molecule has 31 heavy (non-hydrogen) atoms. The lowest BCUT2D eigenvalue weighted by molar-refractivity contribution is -0.0262. The Morgan fingerprint density at radius 1 is 1.13 bits per heavy atom. The van der Waals surface area contributed by atoms with E-state index in [0.717, 1.165) is 30.4 Å². The number of aromatic nitrogens is 2. The van der Waals surface area contributed by atoms with Crippen molar-refractivity contribution in [3.63, 3.8) is 0 Å². The van der Waals surface area contributed by atoms with E-state index >= 15 is 0 Å². The highest BCUT2D eigenvalue weighted by Crippen LogP contribution is 2.56. The fraction of sp³-hybridized carbons (Fsp3) is 0.400. The molecule has 160 valence electrons. The summed E-state index contributed by atoms with van der Waals surface area (Å²) >= 11 is 0. The van der Waals surface area contributed by atoms with Crippen LogP contribution < -0.4 is 5.32 Å². The molecule has 3 aromatic rings. The predicted octanol–water partition coefficient (Wildman–Crippen LogP) is 3.68. The standard InChI is InChI=1S/C25H28N4O2/c1-24(2)21-13-17-11-15(22(30)26-4)5-7-18(17)25(24,3)9-10-29(21)23(31)16-6-8-19-20(12-16)28-14-27-19/h5-8,11-12,14,21H,9-10,13H2,1-4H3,(H,26,30)(H,27,28). The topological polar surface area (TPSA) is 78.1 Å². The predicted molar refractivity (Wildman–Crippen MR) is 120 cm³/mol. The van der Waals surface area contributed by atoms with Gasteiger partial charge >= 0.3 is 0 Å². The Hall–Kier alpha value is -3.15. The molecule has 1 aliphatic heterocycles. The maximum Gasteiger partial charge on any atom is 0.254 e. The number of H-pyrrole nitrogens is 1. The average Bonchev–Trinajstić information content (AvgIpc) is 3.23. The van der Waals surface area contributed by atoms with E-state index in [4.69, 9.17) is 0 Å². The van der Waals surface area contributed by atoms with Gasteiger partial charge in [0, 0.05) is 36.2 Å². The number of hydrogen-bond acceptors (Lipinski definition) is 3. The first-order chi connectivity index (χ1) is 14.8. The minimum absolute atomic E-state index is 0.0579. The number of amides is 2. The summed E-state index contributed by atoms with van der Waals surface area (Å²) in [6.07, 6.45) is 3.29. The summed E-state index contributed by atoms with van der Waals surface area (Å²) < 4.78 is 0. The largest absolute Gasteiger partial charge is 0.355 e. The monoisotopic (exact) mass is 416 g/mol. The van der Waals surface area contributed by atoms with Gasteiger partial charge in [-0.15, -0.1) is 0 Å². The van der Waals surface area contributed by atoms with Crippen molar-refractivity contribution in [2.75, 3.05) is 13.6 Å². The van der Waals surface area contributed by atoms with Gasteiger partial charge in [0.05, 0.1) is 17.4 Å². The quantitative estimate of drug-likeness (QED) is 0.669. The lowest BCUT2D eigenvalue weighted by atomic mass is 9.51. The third-order valence-electron chi connectivity index (χ3n) is 8.01. The Labute approximate surface area is 182 Å². The van der Waals surface area contributed by atoms with Crippen LogP contribution in [0.25, 0.3) is 11.0 Å². The van der Waals surface area contributed by atoms with Crippen LogP contribution in [-0.4, -0.2) is 46.3 Å². The molecule has 1 aromatic heterocycles. The smallest absolute Gasteiger partial charge is 0.254 e. The van der Waals surface area contributed by atoms with Crippen molar-refractivity contribution in [2.24, 2.45) is 5.41 Å². The van der Waals surface area contributed by atoms with E-state index in [1.807, 2.05) is 30.3 Å². The van der Waals surface area contributed by atoms with E-state index in [1.165, 1.54) is 11.1 Å². The highest BCUT2D eigenvalue weighted by Gasteiger charge is 2.56. The van der Waals surface area contributed by atoms with Gasteiger partial charge in [-0.05, 0) is 59.7 Å². The number of imidazole rings is 1. The second kappa shape index (κ2) is 6.67. The molecule has 6 heteroatoms. The molecule has 2 amide bonds. The molecule has 2 aromatic carbocycles. The van der Waals surface area contributed by atoms with Crippen LogP contribution in [0.2, 0.25) is 0 Å². The molecule has 6 nitrogen and oxygen atoms in total. The van der Waals surface area contributed by atoms with Gasteiger partial charge in [-0.2, -0.15) is 0 Å². The normalized spacial score (nSPS) is 24.0. The van der Waals surface area contributed by atoms with Gasteiger partial charge in [0.1, 0.15) is 0 Å². The van der Waals surface area contributed by atoms with Gasteiger partial charge in [-0.1, -0.05) is 26.8 Å². The van der Waals surface area contributed by atoms with Crippen molar-refractivity contribution in [1.82, 2.24) is 20.2 Å². The number of carbonyl (C=O) groups excluding carboxylic acids is 2. The summed E-state index contributed by atoms with van der Waals surface area (Å²) in [5.41, 5.74) is 5.41. The summed E-state index contributed by atoms with van der Waals surface area (Å²) in [5, 5.41) is 2.71. The summed E-state index contributed by atoms with van der Waals surface area (Å²) in [6, 6.07) is 11.8. The van der Waals surface area contributed by atoms with Gasteiger partial charge in [0.25, 0.3) is 11.8 Å². The second-order valence-electron chi connectivity index (χ2n) is 9.61. The minimum atomic E-state index is -0.0967. The van der Waals surface area contributed by atoms with Crippen molar-refractivity contribution < 1.29 is 9.59 Å². The number of aromatic amines is 1. The molecule has 2 aliphatic rings. The summed E-state index contributed by atoms with van der Waals surface area (Å²) in [5.74, 6) is -0.0220. The molecule has 5 rings (SSSR count). The number of fused-ring (bicyclic) bond motifs is 5. The number of carbonyl (C=O) groups is 2.